The normalized spacial score (nSPS) is 10.7. The highest BCUT2D eigenvalue weighted by atomic mass is 32.1. The van der Waals surface area contributed by atoms with Gasteiger partial charge in [-0.1, -0.05) is 18.2 Å². The highest BCUT2D eigenvalue weighted by Gasteiger charge is 2.09. The summed E-state index contributed by atoms with van der Waals surface area (Å²) in [5, 5.41) is 7.43. The number of hydrogen-bond donors (Lipinski definition) is 1. The van der Waals surface area contributed by atoms with E-state index < -0.39 is 0 Å². The third kappa shape index (κ3) is 4.24. The lowest BCUT2D eigenvalue weighted by Crippen LogP contribution is -2.27. The van der Waals surface area contributed by atoms with Gasteiger partial charge in [0.05, 0.1) is 12.1 Å². The Labute approximate surface area is 141 Å². The minimum atomic E-state index is -0.266. The van der Waals surface area contributed by atoms with Gasteiger partial charge >= 0.3 is 0 Å². The molecule has 0 atom stereocenters. The average Bonchev–Trinajstić information content (AvgIpc) is 3.20. The second-order valence-electron chi connectivity index (χ2n) is 4.98. The SMILES string of the molecule is O=C(Cc1cccs1)NCCc1csc(-c2ccccc2F)n1. The molecular formula is C17H15FN2OS2. The Kier molecular flexibility index (Phi) is 5.15. The van der Waals surface area contributed by atoms with Gasteiger partial charge in [-0.25, -0.2) is 9.37 Å². The predicted octanol–water partition coefficient (Wildman–Crippen LogP) is 3.91. The molecule has 3 rings (SSSR count). The summed E-state index contributed by atoms with van der Waals surface area (Å²) in [7, 11) is 0. The molecule has 0 saturated heterocycles. The molecule has 0 spiro atoms. The first-order chi connectivity index (χ1) is 11.2. The van der Waals surface area contributed by atoms with Crippen LogP contribution in [-0.2, 0) is 17.6 Å². The fraction of sp³-hybridized carbons (Fsp3) is 0.176. The van der Waals surface area contributed by atoms with Crippen molar-refractivity contribution in [2.24, 2.45) is 0 Å². The molecule has 0 unspecified atom stereocenters. The van der Waals surface area contributed by atoms with Crippen molar-refractivity contribution < 1.29 is 9.18 Å². The molecule has 23 heavy (non-hydrogen) atoms. The van der Waals surface area contributed by atoms with Crippen LogP contribution in [0.15, 0.2) is 47.2 Å². The number of benzene rings is 1. The van der Waals surface area contributed by atoms with Crippen LogP contribution in [-0.4, -0.2) is 17.4 Å². The molecular weight excluding hydrogens is 331 g/mol. The molecule has 1 amide bonds. The van der Waals surface area contributed by atoms with Crippen LogP contribution in [0.5, 0.6) is 0 Å². The van der Waals surface area contributed by atoms with Crippen LogP contribution in [0.2, 0.25) is 0 Å². The number of thiophene rings is 1. The number of carbonyl (C=O) groups is 1. The first-order valence-corrected chi connectivity index (χ1v) is 8.96. The highest BCUT2D eigenvalue weighted by molar-refractivity contribution is 7.13. The highest BCUT2D eigenvalue weighted by Crippen LogP contribution is 2.26. The number of thiazole rings is 1. The van der Waals surface area contributed by atoms with Crippen molar-refractivity contribution in [3.63, 3.8) is 0 Å². The Bertz CT molecular complexity index is 784. The first kappa shape index (κ1) is 15.8. The Morgan fingerprint density at radius 1 is 1.17 bits per heavy atom. The zero-order chi connectivity index (χ0) is 16.1. The molecule has 1 aromatic carbocycles. The van der Waals surface area contributed by atoms with Crippen molar-refractivity contribution in [1.29, 1.82) is 0 Å². The molecule has 0 fully saturated rings. The molecule has 6 heteroatoms. The van der Waals surface area contributed by atoms with Gasteiger partial charge in [0.1, 0.15) is 10.8 Å². The molecule has 1 N–H and O–H groups in total. The molecule has 3 aromatic rings. The van der Waals surface area contributed by atoms with E-state index in [1.165, 1.54) is 17.4 Å². The number of halogens is 1. The summed E-state index contributed by atoms with van der Waals surface area (Å²) in [6.07, 6.45) is 1.05. The van der Waals surface area contributed by atoms with Crippen molar-refractivity contribution in [2.45, 2.75) is 12.8 Å². The quantitative estimate of drug-likeness (QED) is 0.735. The lowest BCUT2D eigenvalue weighted by molar-refractivity contribution is -0.120. The first-order valence-electron chi connectivity index (χ1n) is 7.21. The van der Waals surface area contributed by atoms with Crippen LogP contribution in [0.4, 0.5) is 4.39 Å². The lowest BCUT2D eigenvalue weighted by atomic mass is 10.2. The Hall–Kier alpha value is -2.05. The van der Waals surface area contributed by atoms with Gasteiger partial charge in [0.15, 0.2) is 0 Å². The van der Waals surface area contributed by atoms with Crippen LogP contribution < -0.4 is 5.32 Å². The summed E-state index contributed by atoms with van der Waals surface area (Å²) in [5.41, 5.74) is 1.38. The van der Waals surface area contributed by atoms with Gasteiger partial charge in [-0.05, 0) is 23.6 Å². The van der Waals surface area contributed by atoms with Crippen molar-refractivity contribution in [3.8, 4) is 10.6 Å². The maximum Gasteiger partial charge on any atom is 0.225 e. The third-order valence-corrected chi connectivity index (χ3v) is 5.07. The van der Waals surface area contributed by atoms with Gasteiger partial charge in [0.25, 0.3) is 0 Å². The number of amides is 1. The van der Waals surface area contributed by atoms with E-state index in [9.17, 15) is 9.18 Å². The number of nitrogens with one attached hydrogen (secondary N) is 1. The Morgan fingerprint density at radius 3 is 2.83 bits per heavy atom. The van der Waals surface area contributed by atoms with Crippen molar-refractivity contribution in [2.75, 3.05) is 6.54 Å². The van der Waals surface area contributed by atoms with Crippen LogP contribution in [0.25, 0.3) is 10.6 Å². The van der Waals surface area contributed by atoms with E-state index in [1.807, 2.05) is 22.9 Å². The summed E-state index contributed by atoms with van der Waals surface area (Å²) < 4.78 is 13.7. The molecule has 0 aliphatic heterocycles. The maximum atomic E-state index is 13.7. The fourth-order valence-corrected chi connectivity index (χ4v) is 3.73. The van der Waals surface area contributed by atoms with E-state index in [1.54, 1.807) is 29.5 Å². The summed E-state index contributed by atoms with van der Waals surface area (Å²) in [6, 6.07) is 10.5. The molecule has 118 valence electrons. The third-order valence-electron chi connectivity index (χ3n) is 3.27. The predicted molar refractivity (Wildman–Crippen MR) is 92.2 cm³/mol. The summed E-state index contributed by atoms with van der Waals surface area (Å²) in [5.74, 6) is -0.255. The van der Waals surface area contributed by atoms with Gasteiger partial charge in [0.2, 0.25) is 5.91 Å². The zero-order valence-electron chi connectivity index (χ0n) is 12.3. The van der Waals surface area contributed by atoms with Gasteiger partial charge < -0.3 is 5.32 Å². The number of nitrogens with zero attached hydrogens (tertiary/aromatic N) is 1. The van der Waals surface area contributed by atoms with Gasteiger partial charge in [-0.15, -0.1) is 22.7 Å². The van der Waals surface area contributed by atoms with Crippen LogP contribution in [0.1, 0.15) is 10.6 Å². The second kappa shape index (κ2) is 7.48. The van der Waals surface area contributed by atoms with E-state index in [-0.39, 0.29) is 11.7 Å². The zero-order valence-corrected chi connectivity index (χ0v) is 13.9. The molecule has 3 nitrogen and oxygen atoms in total. The van der Waals surface area contributed by atoms with Gasteiger partial charge in [0, 0.05) is 28.8 Å². The summed E-state index contributed by atoms with van der Waals surface area (Å²) in [6.45, 7) is 0.532. The molecule has 0 aliphatic carbocycles. The molecule has 0 bridgehead atoms. The Morgan fingerprint density at radius 2 is 2.04 bits per heavy atom. The number of hydrogen-bond acceptors (Lipinski definition) is 4. The van der Waals surface area contributed by atoms with E-state index in [0.29, 0.717) is 30.0 Å². The van der Waals surface area contributed by atoms with E-state index in [0.717, 1.165) is 10.6 Å². The van der Waals surface area contributed by atoms with E-state index in [2.05, 4.69) is 10.3 Å². The Balaban J connectivity index is 1.52. The molecule has 0 saturated carbocycles. The van der Waals surface area contributed by atoms with Crippen LogP contribution in [0, 0.1) is 5.82 Å². The van der Waals surface area contributed by atoms with Crippen LogP contribution in [0.3, 0.4) is 0 Å². The lowest BCUT2D eigenvalue weighted by Gasteiger charge is -2.02. The van der Waals surface area contributed by atoms with E-state index in [4.69, 9.17) is 0 Å². The summed E-state index contributed by atoms with van der Waals surface area (Å²) >= 11 is 2.99. The molecule has 0 aliphatic rings. The monoisotopic (exact) mass is 346 g/mol. The standard InChI is InChI=1S/C17H15FN2OS2/c18-15-6-2-1-5-14(15)17-20-12(11-23-17)7-8-19-16(21)10-13-4-3-9-22-13/h1-6,9,11H,7-8,10H2,(H,19,21). The fourth-order valence-electron chi connectivity index (χ4n) is 2.14. The average molecular weight is 346 g/mol. The van der Waals surface area contributed by atoms with Gasteiger partial charge in [-0.2, -0.15) is 0 Å². The minimum Gasteiger partial charge on any atom is -0.355 e. The van der Waals surface area contributed by atoms with Crippen LogP contribution >= 0.6 is 22.7 Å². The smallest absolute Gasteiger partial charge is 0.225 e. The summed E-state index contributed by atoms with van der Waals surface area (Å²) in [4.78, 5) is 17.3. The number of rotatable bonds is 6. The topological polar surface area (TPSA) is 42.0 Å². The van der Waals surface area contributed by atoms with Crippen molar-refractivity contribution >= 4 is 28.6 Å². The van der Waals surface area contributed by atoms with Crippen molar-refractivity contribution in [3.05, 3.63) is 63.5 Å². The van der Waals surface area contributed by atoms with Crippen molar-refractivity contribution in [1.82, 2.24) is 10.3 Å². The maximum absolute atomic E-state index is 13.7. The molecule has 2 aromatic heterocycles. The second-order valence-corrected chi connectivity index (χ2v) is 6.87. The molecule has 0 radical (unpaired) electrons. The largest absolute Gasteiger partial charge is 0.355 e. The van der Waals surface area contributed by atoms with E-state index >= 15 is 0 Å². The minimum absolute atomic E-state index is 0.0111. The number of carbonyl (C=O) groups excluding carboxylic acids is 1. The molecule has 2 heterocycles. The number of aromatic nitrogens is 1. The van der Waals surface area contributed by atoms with Gasteiger partial charge in [-0.3, -0.25) is 4.79 Å².